The van der Waals surface area contributed by atoms with Gasteiger partial charge in [0.25, 0.3) is 0 Å². The Balaban J connectivity index is 4.08. The lowest BCUT2D eigenvalue weighted by Crippen LogP contribution is -2.31. The average molecular weight is 332 g/mol. The Hall–Kier alpha value is 0.260. The van der Waals surface area contributed by atoms with E-state index in [-0.39, 0.29) is 16.8 Å². The zero-order valence-electron chi connectivity index (χ0n) is 9.36. The van der Waals surface area contributed by atoms with Crippen molar-refractivity contribution in [3.05, 3.63) is 0 Å². The number of ketones is 1. The molecule has 0 aromatic heterocycles. The van der Waals surface area contributed by atoms with Crippen LogP contribution in [-0.2, 0) is 4.79 Å². The van der Waals surface area contributed by atoms with Gasteiger partial charge in [0.15, 0.2) is 0 Å². The van der Waals surface area contributed by atoms with Crippen LogP contribution < -0.4 is 0 Å². The Bertz CT molecular complexity index is 195. The topological polar surface area (TPSA) is 17.1 Å². The van der Waals surface area contributed by atoms with Gasteiger partial charge in [0.1, 0.15) is 0 Å². The monoisotopic (exact) mass is 332 g/mol. The van der Waals surface area contributed by atoms with E-state index in [0.29, 0.717) is 6.42 Å². The summed E-state index contributed by atoms with van der Waals surface area (Å²) in [7, 11) is 0. The van der Waals surface area contributed by atoms with Gasteiger partial charge in [0, 0.05) is 16.8 Å². The predicted molar refractivity (Wildman–Crippen MR) is 66.8 cm³/mol. The highest BCUT2D eigenvalue weighted by Crippen LogP contribution is 2.29. The van der Waals surface area contributed by atoms with E-state index in [1.165, 1.54) is 0 Å². The molecule has 1 atom stereocenters. The van der Waals surface area contributed by atoms with E-state index >= 15 is 0 Å². The summed E-state index contributed by atoms with van der Waals surface area (Å²) >= 11 is 2.01. The van der Waals surface area contributed by atoms with Crippen LogP contribution in [0.1, 0.15) is 52.4 Å². The first-order chi connectivity index (χ1) is 6.94. The molecule has 90 valence electrons. The lowest BCUT2D eigenvalue weighted by atomic mass is 10.0. The Morgan fingerprint density at radius 1 is 1.33 bits per heavy atom. The smallest absolute Gasteiger partial charge is 0.293 e. The molecule has 0 bridgehead atoms. The molecule has 0 aliphatic carbocycles. The second-order valence-corrected chi connectivity index (χ2v) is 5.58. The Labute approximate surface area is 104 Å². The van der Waals surface area contributed by atoms with Gasteiger partial charge in [-0.1, -0.05) is 49.3 Å². The molecule has 0 heterocycles. The van der Waals surface area contributed by atoms with Crippen LogP contribution in [0.2, 0.25) is 0 Å². The highest BCUT2D eigenvalue weighted by Gasteiger charge is 2.38. The van der Waals surface area contributed by atoms with Crippen molar-refractivity contribution in [2.45, 2.75) is 62.2 Å². The largest absolute Gasteiger partial charge is 0.306 e. The molecule has 0 N–H and O–H groups in total. The number of carbonyl (C=O) groups excluding carboxylic acids is 1. The van der Waals surface area contributed by atoms with Crippen LogP contribution in [-0.4, -0.2) is 15.6 Å². The SMILES string of the molecule is CCCCC(=O)C(F)(F)CC(I)CCC. The fourth-order valence-electron chi connectivity index (χ4n) is 1.33. The van der Waals surface area contributed by atoms with Gasteiger partial charge in [-0.25, -0.2) is 0 Å². The van der Waals surface area contributed by atoms with Crippen molar-refractivity contribution in [3.8, 4) is 0 Å². The molecule has 1 nitrogen and oxygen atoms in total. The van der Waals surface area contributed by atoms with Crippen molar-refractivity contribution in [3.63, 3.8) is 0 Å². The van der Waals surface area contributed by atoms with Crippen molar-refractivity contribution in [2.24, 2.45) is 0 Å². The van der Waals surface area contributed by atoms with Crippen LogP contribution in [0.5, 0.6) is 0 Å². The van der Waals surface area contributed by atoms with Crippen molar-refractivity contribution in [2.75, 3.05) is 0 Å². The third-order valence-corrected chi connectivity index (χ3v) is 3.31. The number of alkyl halides is 3. The minimum Gasteiger partial charge on any atom is -0.293 e. The lowest BCUT2D eigenvalue weighted by molar-refractivity contribution is -0.144. The molecule has 15 heavy (non-hydrogen) atoms. The highest BCUT2D eigenvalue weighted by atomic mass is 127. The van der Waals surface area contributed by atoms with E-state index in [4.69, 9.17) is 0 Å². The fourth-order valence-corrected chi connectivity index (χ4v) is 2.50. The van der Waals surface area contributed by atoms with E-state index in [1.807, 2.05) is 36.4 Å². The fraction of sp³-hybridized carbons (Fsp3) is 0.909. The first-order valence-corrected chi connectivity index (χ1v) is 6.73. The van der Waals surface area contributed by atoms with Gasteiger partial charge in [-0.3, -0.25) is 4.79 Å². The third kappa shape index (κ3) is 6.43. The summed E-state index contributed by atoms with van der Waals surface area (Å²) in [6.07, 6.45) is 2.69. The van der Waals surface area contributed by atoms with Crippen molar-refractivity contribution >= 4 is 28.4 Å². The van der Waals surface area contributed by atoms with Crippen LogP contribution in [0, 0.1) is 0 Å². The van der Waals surface area contributed by atoms with E-state index in [0.717, 1.165) is 19.3 Å². The van der Waals surface area contributed by atoms with Crippen LogP contribution in [0.3, 0.4) is 0 Å². The highest BCUT2D eigenvalue weighted by molar-refractivity contribution is 14.1. The Morgan fingerprint density at radius 2 is 1.93 bits per heavy atom. The quantitative estimate of drug-likeness (QED) is 0.476. The van der Waals surface area contributed by atoms with E-state index < -0.39 is 11.7 Å². The zero-order valence-corrected chi connectivity index (χ0v) is 11.5. The lowest BCUT2D eigenvalue weighted by Gasteiger charge is -2.18. The summed E-state index contributed by atoms with van der Waals surface area (Å²) in [6, 6.07) is 0. The van der Waals surface area contributed by atoms with Crippen molar-refractivity contribution in [1.29, 1.82) is 0 Å². The van der Waals surface area contributed by atoms with E-state index in [2.05, 4.69) is 0 Å². The predicted octanol–water partition coefficient (Wildman–Crippen LogP) is 4.37. The van der Waals surface area contributed by atoms with Crippen molar-refractivity contribution in [1.82, 2.24) is 0 Å². The summed E-state index contributed by atoms with van der Waals surface area (Å²) < 4.78 is 26.6. The Morgan fingerprint density at radius 3 is 2.40 bits per heavy atom. The first kappa shape index (κ1) is 15.3. The van der Waals surface area contributed by atoms with E-state index in [9.17, 15) is 13.6 Å². The molecule has 0 saturated carbocycles. The number of halogens is 3. The molecule has 0 aliphatic heterocycles. The molecule has 0 aromatic rings. The number of rotatable bonds is 8. The second-order valence-electron chi connectivity index (χ2n) is 3.82. The molecule has 0 spiro atoms. The zero-order chi connectivity index (χ0) is 11.9. The van der Waals surface area contributed by atoms with Crippen molar-refractivity contribution < 1.29 is 13.6 Å². The molecule has 0 fully saturated rings. The number of hydrogen-bond acceptors (Lipinski definition) is 1. The molecule has 0 amide bonds. The van der Waals surface area contributed by atoms with Crippen LogP contribution >= 0.6 is 22.6 Å². The summed E-state index contributed by atoms with van der Waals surface area (Å²) in [5, 5.41) is 0. The molecule has 0 radical (unpaired) electrons. The second kappa shape index (κ2) is 7.52. The normalized spacial score (nSPS) is 13.9. The number of Topliss-reactive ketones (excluding diaryl/α,β-unsaturated/α-hetero) is 1. The summed E-state index contributed by atoms with van der Waals surface area (Å²) in [5.74, 6) is -4.00. The van der Waals surface area contributed by atoms with Gasteiger partial charge in [-0.05, 0) is 12.8 Å². The molecule has 1 unspecified atom stereocenters. The number of carbonyl (C=O) groups is 1. The van der Waals surface area contributed by atoms with Crippen LogP contribution in [0.4, 0.5) is 8.78 Å². The summed E-state index contributed by atoms with van der Waals surface area (Å²) in [4.78, 5) is 11.2. The standard InChI is InChI=1S/C11H19F2IO/c1-3-5-7-10(15)11(12,13)8-9(14)6-4-2/h9H,3-8H2,1-2H3. The summed E-state index contributed by atoms with van der Waals surface area (Å²) in [6.45, 7) is 3.85. The molecule has 4 heteroatoms. The molecule has 0 aliphatic rings. The maximum Gasteiger partial charge on any atom is 0.306 e. The van der Waals surface area contributed by atoms with Gasteiger partial charge >= 0.3 is 5.92 Å². The molecule has 0 rings (SSSR count). The minimum atomic E-state index is -3.11. The number of hydrogen-bond donors (Lipinski definition) is 0. The maximum absolute atomic E-state index is 13.4. The molecular weight excluding hydrogens is 313 g/mol. The van der Waals surface area contributed by atoms with Gasteiger partial charge in [-0.2, -0.15) is 8.78 Å². The maximum atomic E-state index is 13.4. The van der Waals surface area contributed by atoms with Gasteiger partial charge < -0.3 is 0 Å². The average Bonchev–Trinajstić information content (AvgIpc) is 2.13. The summed E-state index contributed by atoms with van der Waals surface area (Å²) in [5.41, 5.74) is 0. The molecule has 0 aromatic carbocycles. The van der Waals surface area contributed by atoms with Gasteiger partial charge in [-0.15, -0.1) is 0 Å². The molecule has 0 saturated heterocycles. The first-order valence-electron chi connectivity index (χ1n) is 5.49. The van der Waals surface area contributed by atoms with E-state index in [1.54, 1.807) is 0 Å². The Kier molecular flexibility index (Phi) is 7.65. The van der Waals surface area contributed by atoms with Crippen LogP contribution in [0.25, 0.3) is 0 Å². The minimum absolute atomic E-state index is 0.0129. The number of unbranched alkanes of at least 4 members (excludes halogenated alkanes) is 1. The van der Waals surface area contributed by atoms with Gasteiger partial charge in [0.2, 0.25) is 5.78 Å². The van der Waals surface area contributed by atoms with Gasteiger partial charge in [0.05, 0.1) is 0 Å². The molecular formula is C11H19F2IO. The van der Waals surface area contributed by atoms with Crippen LogP contribution in [0.15, 0.2) is 0 Å². The third-order valence-electron chi connectivity index (χ3n) is 2.25.